The molecule has 1 aromatic rings. The number of carbonyl (C=O) groups is 1. The van der Waals surface area contributed by atoms with E-state index in [9.17, 15) is 4.79 Å². The van der Waals surface area contributed by atoms with Crippen LogP contribution in [0.4, 0.5) is 0 Å². The van der Waals surface area contributed by atoms with Gasteiger partial charge in [0.05, 0.1) is 12.5 Å². The molecule has 0 fully saturated rings. The normalized spacial score (nSPS) is 14.3. The highest BCUT2D eigenvalue weighted by Crippen LogP contribution is 2.20. The van der Waals surface area contributed by atoms with Gasteiger partial charge in [-0.2, -0.15) is 0 Å². The summed E-state index contributed by atoms with van der Waals surface area (Å²) in [6.07, 6.45) is 7.69. The van der Waals surface area contributed by atoms with Crippen molar-refractivity contribution in [2.75, 3.05) is 6.61 Å². The van der Waals surface area contributed by atoms with E-state index in [1.165, 1.54) is 0 Å². The molecule has 0 atom stereocenters. The zero-order valence-corrected chi connectivity index (χ0v) is 9.22. The van der Waals surface area contributed by atoms with E-state index in [1.807, 2.05) is 55.5 Å². The molecule has 1 aliphatic carbocycles. The maximum atomic E-state index is 11.6. The minimum absolute atomic E-state index is 0.192. The van der Waals surface area contributed by atoms with Gasteiger partial charge in [-0.3, -0.25) is 4.79 Å². The van der Waals surface area contributed by atoms with Gasteiger partial charge >= 0.3 is 5.97 Å². The first-order valence-corrected chi connectivity index (χ1v) is 5.43. The lowest BCUT2D eigenvalue weighted by Gasteiger charge is -2.05. The monoisotopic (exact) mass is 214 g/mol. The van der Waals surface area contributed by atoms with Crippen molar-refractivity contribution in [3.05, 3.63) is 47.5 Å². The average Bonchev–Trinajstić information content (AvgIpc) is 2.51. The van der Waals surface area contributed by atoms with Gasteiger partial charge in [0.2, 0.25) is 0 Å². The molecule has 1 aromatic carbocycles. The number of fused-ring (bicyclic) bond motifs is 1. The van der Waals surface area contributed by atoms with Crippen molar-refractivity contribution in [2.45, 2.75) is 6.92 Å². The number of carbonyl (C=O) groups excluding carboxylic acids is 1. The quantitative estimate of drug-likeness (QED) is 0.707. The molecule has 0 bridgehead atoms. The van der Waals surface area contributed by atoms with Crippen LogP contribution in [0, 0.1) is 5.92 Å². The van der Waals surface area contributed by atoms with Gasteiger partial charge in [0.15, 0.2) is 0 Å². The van der Waals surface area contributed by atoms with Gasteiger partial charge in [-0.15, -0.1) is 0 Å². The third-order valence-corrected chi connectivity index (χ3v) is 2.52. The lowest BCUT2D eigenvalue weighted by atomic mass is 10.1. The predicted molar refractivity (Wildman–Crippen MR) is 64.6 cm³/mol. The molecule has 0 N–H and O–H groups in total. The van der Waals surface area contributed by atoms with Crippen molar-refractivity contribution in [3.63, 3.8) is 0 Å². The topological polar surface area (TPSA) is 26.3 Å². The van der Waals surface area contributed by atoms with E-state index >= 15 is 0 Å². The Morgan fingerprint density at radius 2 is 1.75 bits per heavy atom. The Labute approximate surface area is 95.2 Å². The SMILES string of the molecule is CCOC(=O)C1C=Cc2ccccc2C=C1. The van der Waals surface area contributed by atoms with Crippen LogP contribution in [0.3, 0.4) is 0 Å². The van der Waals surface area contributed by atoms with Gasteiger partial charge < -0.3 is 4.74 Å². The highest BCUT2D eigenvalue weighted by Gasteiger charge is 2.14. The van der Waals surface area contributed by atoms with Crippen molar-refractivity contribution in [1.29, 1.82) is 0 Å². The van der Waals surface area contributed by atoms with Crippen LogP contribution in [-0.4, -0.2) is 12.6 Å². The van der Waals surface area contributed by atoms with Crippen LogP contribution in [0.1, 0.15) is 18.1 Å². The Hall–Kier alpha value is -1.83. The molecule has 16 heavy (non-hydrogen) atoms. The van der Waals surface area contributed by atoms with Crippen molar-refractivity contribution in [3.8, 4) is 0 Å². The number of esters is 1. The number of rotatable bonds is 2. The van der Waals surface area contributed by atoms with Crippen molar-refractivity contribution < 1.29 is 9.53 Å². The van der Waals surface area contributed by atoms with E-state index < -0.39 is 0 Å². The highest BCUT2D eigenvalue weighted by atomic mass is 16.5. The van der Waals surface area contributed by atoms with Gasteiger partial charge in [0, 0.05) is 0 Å². The summed E-state index contributed by atoms with van der Waals surface area (Å²) in [6.45, 7) is 2.24. The van der Waals surface area contributed by atoms with Crippen LogP contribution in [-0.2, 0) is 9.53 Å². The van der Waals surface area contributed by atoms with Crippen LogP contribution in [0.5, 0.6) is 0 Å². The molecule has 0 unspecified atom stereocenters. The molecule has 0 saturated heterocycles. The second kappa shape index (κ2) is 4.79. The standard InChI is InChI=1S/C14H14O2/c1-2-16-14(15)13-9-7-11-5-3-4-6-12(11)8-10-13/h3-10,13H,2H2,1H3. The zero-order chi connectivity index (χ0) is 11.4. The summed E-state index contributed by atoms with van der Waals surface area (Å²) in [5, 5.41) is 0. The average molecular weight is 214 g/mol. The fourth-order valence-corrected chi connectivity index (χ4v) is 1.69. The van der Waals surface area contributed by atoms with Gasteiger partial charge in [-0.05, 0) is 18.1 Å². The highest BCUT2D eigenvalue weighted by molar-refractivity contribution is 5.82. The van der Waals surface area contributed by atoms with Crippen molar-refractivity contribution >= 4 is 18.1 Å². The van der Waals surface area contributed by atoms with Crippen LogP contribution >= 0.6 is 0 Å². The van der Waals surface area contributed by atoms with Crippen molar-refractivity contribution in [2.24, 2.45) is 5.92 Å². The van der Waals surface area contributed by atoms with Gasteiger partial charge in [0.25, 0.3) is 0 Å². The largest absolute Gasteiger partial charge is 0.465 e. The molecular formula is C14H14O2. The predicted octanol–water partition coefficient (Wildman–Crippen LogP) is 2.91. The van der Waals surface area contributed by atoms with E-state index in [1.54, 1.807) is 0 Å². The van der Waals surface area contributed by atoms with E-state index in [4.69, 9.17) is 4.74 Å². The van der Waals surface area contributed by atoms with Crippen LogP contribution in [0.15, 0.2) is 36.4 Å². The van der Waals surface area contributed by atoms with Crippen LogP contribution in [0.2, 0.25) is 0 Å². The lowest BCUT2D eigenvalue weighted by Crippen LogP contribution is -2.13. The summed E-state index contributed by atoms with van der Waals surface area (Å²) in [6, 6.07) is 8.04. The number of ether oxygens (including phenoxy) is 1. The van der Waals surface area contributed by atoms with Crippen molar-refractivity contribution in [1.82, 2.24) is 0 Å². The molecule has 82 valence electrons. The van der Waals surface area contributed by atoms with E-state index in [-0.39, 0.29) is 11.9 Å². The summed E-state index contributed by atoms with van der Waals surface area (Å²) in [5.74, 6) is -0.463. The lowest BCUT2D eigenvalue weighted by molar-refractivity contribution is -0.144. The summed E-state index contributed by atoms with van der Waals surface area (Å²) >= 11 is 0. The number of hydrogen-bond acceptors (Lipinski definition) is 2. The van der Waals surface area contributed by atoms with E-state index in [0.717, 1.165) is 11.1 Å². The van der Waals surface area contributed by atoms with Gasteiger partial charge in [-0.1, -0.05) is 48.6 Å². The summed E-state index contributed by atoms with van der Waals surface area (Å²) in [4.78, 5) is 11.6. The second-order valence-electron chi connectivity index (χ2n) is 3.62. The van der Waals surface area contributed by atoms with E-state index in [0.29, 0.717) is 6.61 Å². The molecule has 0 radical (unpaired) electrons. The molecule has 2 nitrogen and oxygen atoms in total. The summed E-state index contributed by atoms with van der Waals surface area (Å²) < 4.78 is 4.99. The molecule has 0 spiro atoms. The second-order valence-corrected chi connectivity index (χ2v) is 3.62. The maximum Gasteiger partial charge on any atom is 0.316 e. The number of hydrogen-bond donors (Lipinski definition) is 0. The minimum Gasteiger partial charge on any atom is -0.465 e. The minimum atomic E-state index is -0.271. The first kappa shape index (κ1) is 10.7. The maximum absolute atomic E-state index is 11.6. The molecular weight excluding hydrogens is 200 g/mol. The van der Waals surface area contributed by atoms with Gasteiger partial charge in [-0.25, -0.2) is 0 Å². The number of benzene rings is 1. The zero-order valence-electron chi connectivity index (χ0n) is 9.22. The van der Waals surface area contributed by atoms with Crippen LogP contribution in [0.25, 0.3) is 12.2 Å². The Kier molecular flexibility index (Phi) is 3.20. The Bertz CT molecular complexity index is 411. The molecule has 1 aliphatic rings. The Morgan fingerprint density at radius 3 is 2.25 bits per heavy atom. The molecule has 0 aliphatic heterocycles. The molecule has 0 aromatic heterocycles. The molecule has 0 saturated carbocycles. The third-order valence-electron chi connectivity index (χ3n) is 2.52. The molecule has 2 heteroatoms. The van der Waals surface area contributed by atoms with Crippen LogP contribution < -0.4 is 0 Å². The summed E-state index contributed by atoms with van der Waals surface area (Å²) in [5.41, 5.74) is 2.26. The van der Waals surface area contributed by atoms with Gasteiger partial charge in [0.1, 0.15) is 0 Å². The Morgan fingerprint density at radius 1 is 1.19 bits per heavy atom. The smallest absolute Gasteiger partial charge is 0.316 e. The molecule has 2 rings (SSSR count). The van der Waals surface area contributed by atoms with E-state index in [2.05, 4.69) is 0 Å². The third kappa shape index (κ3) is 2.22. The first-order valence-electron chi connectivity index (χ1n) is 5.43. The molecule has 0 heterocycles. The summed E-state index contributed by atoms with van der Waals surface area (Å²) in [7, 11) is 0. The fourth-order valence-electron chi connectivity index (χ4n) is 1.69. The first-order chi connectivity index (χ1) is 7.81. The Balaban J connectivity index is 2.24. The molecule has 0 amide bonds. The fraction of sp³-hybridized carbons (Fsp3) is 0.214.